The zero-order valence-electron chi connectivity index (χ0n) is 12.1. The van der Waals surface area contributed by atoms with Crippen LogP contribution in [0.2, 0.25) is 0 Å². The van der Waals surface area contributed by atoms with E-state index < -0.39 is 0 Å². The SMILES string of the molecule is CC(C)N1CCCC1c1cccnc1NC1CCC1. The van der Waals surface area contributed by atoms with Crippen LogP contribution in [0, 0.1) is 0 Å². The van der Waals surface area contributed by atoms with E-state index in [2.05, 4.69) is 41.2 Å². The van der Waals surface area contributed by atoms with Gasteiger partial charge >= 0.3 is 0 Å². The molecule has 2 fully saturated rings. The predicted molar refractivity (Wildman–Crippen MR) is 79.3 cm³/mol. The third-order valence-electron chi connectivity index (χ3n) is 4.60. The van der Waals surface area contributed by atoms with Crippen LogP contribution in [0.15, 0.2) is 18.3 Å². The maximum atomic E-state index is 4.60. The number of rotatable bonds is 4. The molecule has 1 aromatic heterocycles. The molecule has 0 radical (unpaired) electrons. The van der Waals surface area contributed by atoms with E-state index in [1.165, 1.54) is 44.2 Å². The Bertz CT molecular complexity index is 426. The second-order valence-corrected chi connectivity index (χ2v) is 6.20. The Balaban J connectivity index is 1.82. The Hall–Kier alpha value is -1.09. The molecule has 1 atom stereocenters. The van der Waals surface area contributed by atoms with Crippen LogP contribution in [0.3, 0.4) is 0 Å². The van der Waals surface area contributed by atoms with Gasteiger partial charge in [0.1, 0.15) is 5.82 Å². The van der Waals surface area contributed by atoms with E-state index >= 15 is 0 Å². The summed E-state index contributed by atoms with van der Waals surface area (Å²) in [4.78, 5) is 7.22. The van der Waals surface area contributed by atoms with Gasteiger partial charge in [-0.05, 0) is 58.6 Å². The molecular formula is C16H25N3. The third-order valence-corrected chi connectivity index (χ3v) is 4.60. The number of nitrogens with one attached hydrogen (secondary N) is 1. The molecular weight excluding hydrogens is 234 g/mol. The minimum Gasteiger partial charge on any atom is -0.367 e. The van der Waals surface area contributed by atoms with E-state index in [1.54, 1.807) is 0 Å². The monoisotopic (exact) mass is 259 g/mol. The van der Waals surface area contributed by atoms with E-state index in [-0.39, 0.29) is 0 Å². The zero-order valence-corrected chi connectivity index (χ0v) is 12.1. The summed E-state index contributed by atoms with van der Waals surface area (Å²) in [7, 11) is 0. The summed E-state index contributed by atoms with van der Waals surface area (Å²) in [5.74, 6) is 1.13. The second-order valence-electron chi connectivity index (χ2n) is 6.20. The number of pyridine rings is 1. The lowest BCUT2D eigenvalue weighted by molar-refractivity contribution is 0.205. The molecule has 1 unspecified atom stereocenters. The van der Waals surface area contributed by atoms with Gasteiger partial charge in [-0.1, -0.05) is 6.07 Å². The van der Waals surface area contributed by atoms with E-state index in [9.17, 15) is 0 Å². The molecule has 19 heavy (non-hydrogen) atoms. The van der Waals surface area contributed by atoms with Crippen LogP contribution in [-0.4, -0.2) is 28.5 Å². The maximum Gasteiger partial charge on any atom is 0.130 e. The molecule has 104 valence electrons. The first-order chi connectivity index (χ1) is 9.25. The van der Waals surface area contributed by atoms with Crippen molar-refractivity contribution < 1.29 is 0 Å². The summed E-state index contributed by atoms with van der Waals surface area (Å²) >= 11 is 0. The summed E-state index contributed by atoms with van der Waals surface area (Å²) in [6.07, 6.45) is 8.45. The molecule has 2 heterocycles. The van der Waals surface area contributed by atoms with Gasteiger partial charge in [0.2, 0.25) is 0 Å². The first-order valence-corrected chi connectivity index (χ1v) is 7.73. The maximum absolute atomic E-state index is 4.60. The van der Waals surface area contributed by atoms with Crippen molar-refractivity contribution in [1.29, 1.82) is 0 Å². The average Bonchev–Trinajstić information content (AvgIpc) is 2.83. The van der Waals surface area contributed by atoms with Gasteiger partial charge in [0.15, 0.2) is 0 Å². The minimum atomic E-state index is 0.552. The Morgan fingerprint density at radius 2 is 2.11 bits per heavy atom. The summed E-state index contributed by atoms with van der Waals surface area (Å²) < 4.78 is 0. The standard InChI is InChI=1S/C16H25N3/c1-12(2)19-11-5-9-15(19)14-8-4-10-17-16(14)18-13-6-3-7-13/h4,8,10,12-13,15H,3,5-7,9,11H2,1-2H3,(H,17,18). The first kappa shape index (κ1) is 12.9. The Morgan fingerprint density at radius 3 is 2.79 bits per heavy atom. The van der Waals surface area contributed by atoms with Gasteiger partial charge in [0.25, 0.3) is 0 Å². The highest BCUT2D eigenvalue weighted by atomic mass is 15.2. The van der Waals surface area contributed by atoms with E-state index in [4.69, 9.17) is 0 Å². The summed E-state index contributed by atoms with van der Waals surface area (Å²) in [5.41, 5.74) is 1.40. The molecule has 1 aliphatic heterocycles. The Kier molecular flexibility index (Phi) is 3.74. The van der Waals surface area contributed by atoms with E-state index in [1.807, 2.05) is 6.20 Å². The molecule has 1 N–H and O–H groups in total. The summed E-state index contributed by atoms with van der Waals surface area (Å²) in [5, 5.41) is 3.65. The van der Waals surface area contributed by atoms with Crippen molar-refractivity contribution in [3.05, 3.63) is 23.9 Å². The third kappa shape index (κ3) is 2.62. The van der Waals surface area contributed by atoms with Crippen LogP contribution in [0.1, 0.15) is 57.6 Å². The van der Waals surface area contributed by atoms with Gasteiger partial charge in [0.05, 0.1) is 0 Å². The van der Waals surface area contributed by atoms with Crippen molar-refractivity contribution in [2.45, 2.75) is 64.1 Å². The molecule has 1 saturated heterocycles. The minimum absolute atomic E-state index is 0.552. The number of hydrogen-bond donors (Lipinski definition) is 1. The number of anilines is 1. The number of likely N-dealkylation sites (tertiary alicyclic amines) is 1. The average molecular weight is 259 g/mol. The normalized spacial score (nSPS) is 24.7. The highest BCUT2D eigenvalue weighted by Gasteiger charge is 2.30. The van der Waals surface area contributed by atoms with Gasteiger partial charge in [-0.3, -0.25) is 4.90 Å². The first-order valence-electron chi connectivity index (χ1n) is 7.73. The number of aromatic nitrogens is 1. The van der Waals surface area contributed by atoms with Crippen molar-refractivity contribution in [1.82, 2.24) is 9.88 Å². The molecule has 3 nitrogen and oxygen atoms in total. The largest absolute Gasteiger partial charge is 0.367 e. The quantitative estimate of drug-likeness (QED) is 0.895. The van der Waals surface area contributed by atoms with Crippen LogP contribution < -0.4 is 5.32 Å². The van der Waals surface area contributed by atoms with Crippen LogP contribution >= 0.6 is 0 Å². The lowest BCUT2D eigenvalue weighted by Gasteiger charge is -2.32. The highest BCUT2D eigenvalue weighted by molar-refractivity contribution is 5.47. The molecule has 2 aliphatic rings. The zero-order chi connectivity index (χ0) is 13.2. The molecule has 0 aromatic carbocycles. The van der Waals surface area contributed by atoms with Gasteiger partial charge in [-0.15, -0.1) is 0 Å². The fourth-order valence-corrected chi connectivity index (χ4v) is 3.29. The lowest BCUT2D eigenvalue weighted by Crippen LogP contribution is -2.32. The predicted octanol–water partition coefficient (Wildman–Crippen LogP) is 3.59. The fourth-order valence-electron chi connectivity index (χ4n) is 3.29. The van der Waals surface area contributed by atoms with Crippen molar-refractivity contribution in [3.8, 4) is 0 Å². The summed E-state index contributed by atoms with van der Waals surface area (Å²) in [6.45, 7) is 5.82. The van der Waals surface area contributed by atoms with Crippen molar-refractivity contribution in [2.24, 2.45) is 0 Å². The number of nitrogens with zero attached hydrogens (tertiary/aromatic N) is 2. The van der Waals surface area contributed by atoms with Crippen LogP contribution in [0.25, 0.3) is 0 Å². The Morgan fingerprint density at radius 1 is 1.26 bits per heavy atom. The Labute approximate surface area is 116 Å². The molecule has 3 rings (SSSR count). The molecule has 1 saturated carbocycles. The van der Waals surface area contributed by atoms with E-state index in [0.717, 1.165) is 5.82 Å². The van der Waals surface area contributed by atoms with E-state index in [0.29, 0.717) is 18.1 Å². The highest BCUT2D eigenvalue weighted by Crippen LogP contribution is 2.37. The lowest BCUT2D eigenvalue weighted by atomic mass is 9.92. The molecule has 3 heteroatoms. The second kappa shape index (κ2) is 5.49. The molecule has 0 amide bonds. The molecule has 1 aromatic rings. The summed E-state index contributed by atoms with van der Waals surface area (Å²) in [6, 6.07) is 6.17. The van der Waals surface area contributed by atoms with Gasteiger partial charge in [-0.25, -0.2) is 4.98 Å². The number of hydrogen-bond acceptors (Lipinski definition) is 3. The van der Waals surface area contributed by atoms with Crippen molar-refractivity contribution in [3.63, 3.8) is 0 Å². The fraction of sp³-hybridized carbons (Fsp3) is 0.688. The van der Waals surface area contributed by atoms with Crippen molar-refractivity contribution >= 4 is 5.82 Å². The molecule has 0 bridgehead atoms. The molecule has 1 aliphatic carbocycles. The van der Waals surface area contributed by atoms with Gasteiger partial charge < -0.3 is 5.32 Å². The smallest absolute Gasteiger partial charge is 0.130 e. The van der Waals surface area contributed by atoms with Gasteiger partial charge in [0, 0.05) is 29.9 Å². The topological polar surface area (TPSA) is 28.2 Å². The molecule has 0 spiro atoms. The van der Waals surface area contributed by atoms with Crippen LogP contribution in [-0.2, 0) is 0 Å². The van der Waals surface area contributed by atoms with Gasteiger partial charge in [-0.2, -0.15) is 0 Å². The van der Waals surface area contributed by atoms with Crippen molar-refractivity contribution in [2.75, 3.05) is 11.9 Å². The van der Waals surface area contributed by atoms with Crippen LogP contribution in [0.5, 0.6) is 0 Å². The van der Waals surface area contributed by atoms with Crippen LogP contribution in [0.4, 0.5) is 5.82 Å².